The lowest BCUT2D eigenvalue weighted by Crippen LogP contribution is -2.22. The summed E-state index contributed by atoms with van der Waals surface area (Å²) in [4.78, 5) is 4.77. The Morgan fingerprint density at radius 2 is 1.73 bits per heavy atom. The highest BCUT2D eigenvalue weighted by Gasteiger charge is 2.08. The molecule has 0 saturated carbocycles. The van der Waals surface area contributed by atoms with Crippen LogP contribution in [0.15, 0.2) is 59.6 Å². The van der Waals surface area contributed by atoms with Gasteiger partial charge < -0.3 is 0 Å². The average Bonchev–Trinajstić information content (AvgIpc) is 2.57. The van der Waals surface area contributed by atoms with Crippen molar-refractivity contribution in [2.75, 3.05) is 6.54 Å². The minimum absolute atomic E-state index is 0.956. The van der Waals surface area contributed by atoms with Crippen LogP contribution in [0.4, 0.5) is 0 Å². The highest BCUT2D eigenvalue weighted by molar-refractivity contribution is 5.85. The second kappa shape index (κ2) is 5.42. The second-order valence-corrected chi connectivity index (χ2v) is 6.06. The fourth-order valence-corrected chi connectivity index (χ4v) is 3.25. The van der Waals surface area contributed by atoms with Crippen molar-refractivity contribution in [2.24, 2.45) is 4.99 Å². The molecule has 0 radical (unpaired) electrons. The van der Waals surface area contributed by atoms with Crippen molar-refractivity contribution < 1.29 is 0 Å². The molecule has 0 spiro atoms. The minimum atomic E-state index is 0.956. The maximum absolute atomic E-state index is 4.77. The van der Waals surface area contributed by atoms with Crippen molar-refractivity contribution in [2.45, 2.75) is 19.8 Å². The van der Waals surface area contributed by atoms with Gasteiger partial charge in [0.2, 0.25) is 0 Å². The summed E-state index contributed by atoms with van der Waals surface area (Å²) in [5.74, 6) is 0. The maximum atomic E-state index is 4.77. The number of hydrogen-bond acceptors (Lipinski definition) is 1. The molecule has 1 aliphatic rings. The third kappa shape index (κ3) is 2.33. The van der Waals surface area contributed by atoms with E-state index in [2.05, 4.69) is 67.6 Å². The summed E-state index contributed by atoms with van der Waals surface area (Å²) in [6.07, 6.45) is 4.59. The minimum Gasteiger partial charge on any atom is -0.284 e. The predicted molar refractivity (Wildman–Crippen MR) is 92.7 cm³/mol. The molecule has 0 aliphatic carbocycles. The van der Waals surface area contributed by atoms with Gasteiger partial charge >= 0.3 is 0 Å². The van der Waals surface area contributed by atoms with E-state index in [0.29, 0.717) is 0 Å². The molecule has 0 N–H and O–H groups in total. The lowest BCUT2D eigenvalue weighted by molar-refractivity contribution is 0.773. The van der Waals surface area contributed by atoms with E-state index in [1.165, 1.54) is 38.0 Å². The Morgan fingerprint density at radius 3 is 2.55 bits per heavy atom. The van der Waals surface area contributed by atoms with E-state index in [0.717, 1.165) is 19.4 Å². The van der Waals surface area contributed by atoms with Crippen LogP contribution >= 0.6 is 0 Å². The van der Waals surface area contributed by atoms with Gasteiger partial charge in [-0.15, -0.1) is 0 Å². The molecular formula is C21H19N. The number of hydrogen-bond donors (Lipinski definition) is 0. The van der Waals surface area contributed by atoms with Gasteiger partial charge in [0.25, 0.3) is 0 Å². The molecule has 1 heterocycles. The number of nitrogens with zero attached hydrogens (tertiary/aromatic N) is 1. The number of rotatable bonds is 1. The zero-order chi connectivity index (χ0) is 14.9. The van der Waals surface area contributed by atoms with Crippen molar-refractivity contribution in [3.63, 3.8) is 0 Å². The molecule has 108 valence electrons. The molecule has 3 aromatic rings. The SMILES string of the molecule is Cc1ccc(/C=c2\cc3c(c4ccccc24)=NCCC3)cc1. The van der Waals surface area contributed by atoms with Gasteiger partial charge in [0.15, 0.2) is 0 Å². The summed E-state index contributed by atoms with van der Waals surface area (Å²) in [5, 5.41) is 5.10. The van der Waals surface area contributed by atoms with E-state index in [4.69, 9.17) is 4.99 Å². The molecule has 0 bridgehead atoms. The highest BCUT2D eigenvalue weighted by Crippen LogP contribution is 2.11. The van der Waals surface area contributed by atoms with Gasteiger partial charge in [0.05, 0.1) is 5.36 Å². The summed E-state index contributed by atoms with van der Waals surface area (Å²) in [7, 11) is 0. The molecule has 1 aliphatic heterocycles. The molecule has 1 heteroatoms. The summed E-state index contributed by atoms with van der Waals surface area (Å²) < 4.78 is 0. The van der Waals surface area contributed by atoms with Crippen LogP contribution in [-0.2, 0) is 6.42 Å². The van der Waals surface area contributed by atoms with Crippen molar-refractivity contribution in [1.29, 1.82) is 0 Å². The molecule has 22 heavy (non-hydrogen) atoms. The van der Waals surface area contributed by atoms with E-state index >= 15 is 0 Å². The molecule has 0 unspecified atom stereocenters. The summed E-state index contributed by atoms with van der Waals surface area (Å²) >= 11 is 0. The third-order valence-electron chi connectivity index (χ3n) is 4.40. The van der Waals surface area contributed by atoms with Crippen molar-refractivity contribution >= 4 is 16.8 Å². The van der Waals surface area contributed by atoms with Crippen LogP contribution in [0.2, 0.25) is 0 Å². The lowest BCUT2D eigenvalue weighted by atomic mass is 9.97. The Labute approximate surface area is 130 Å². The van der Waals surface area contributed by atoms with Gasteiger partial charge in [-0.3, -0.25) is 4.99 Å². The molecule has 3 aromatic carbocycles. The van der Waals surface area contributed by atoms with Crippen LogP contribution in [-0.4, -0.2) is 6.54 Å². The van der Waals surface area contributed by atoms with E-state index in [1.54, 1.807) is 0 Å². The fraction of sp³-hybridized carbons (Fsp3) is 0.190. The lowest BCUT2D eigenvalue weighted by Gasteiger charge is -2.11. The van der Waals surface area contributed by atoms with Crippen LogP contribution < -0.4 is 10.6 Å². The second-order valence-electron chi connectivity index (χ2n) is 6.06. The third-order valence-corrected chi connectivity index (χ3v) is 4.40. The molecular weight excluding hydrogens is 266 g/mol. The Balaban J connectivity index is 2.04. The maximum Gasteiger partial charge on any atom is 0.0685 e. The van der Waals surface area contributed by atoms with Gasteiger partial charge in [0.1, 0.15) is 0 Å². The van der Waals surface area contributed by atoms with E-state index in [1.807, 2.05) is 0 Å². The van der Waals surface area contributed by atoms with E-state index in [9.17, 15) is 0 Å². The van der Waals surface area contributed by atoms with E-state index < -0.39 is 0 Å². The first-order valence-corrected chi connectivity index (χ1v) is 7.95. The highest BCUT2D eigenvalue weighted by atomic mass is 14.7. The first kappa shape index (κ1) is 13.3. The smallest absolute Gasteiger partial charge is 0.0685 e. The largest absolute Gasteiger partial charge is 0.284 e. The predicted octanol–water partition coefficient (Wildman–Crippen LogP) is 3.54. The van der Waals surface area contributed by atoms with Gasteiger partial charge in [-0.1, -0.05) is 54.1 Å². The van der Waals surface area contributed by atoms with Crippen LogP contribution in [0, 0.1) is 6.92 Å². The zero-order valence-corrected chi connectivity index (χ0v) is 12.8. The quantitative estimate of drug-likeness (QED) is 0.648. The van der Waals surface area contributed by atoms with Crippen molar-refractivity contribution in [3.05, 3.63) is 81.9 Å². The first-order chi connectivity index (χ1) is 10.8. The Kier molecular flexibility index (Phi) is 3.27. The van der Waals surface area contributed by atoms with Crippen LogP contribution in [0.5, 0.6) is 0 Å². The topological polar surface area (TPSA) is 12.4 Å². The van der Waals surface area contributed by atoms with E-state index in [-0.39, 0.29) is 0 Å². The average molecular weight is 285 g/mol. The number of benzene rings is 3. The molecule has 0 aromatic heterocycles. The monoisotopic (exact) mass is 285 g/mol. The van der Waals surface area contributed by atoms with Crippen LogP contribution in [0.3, 0.4) is 0 Å². The van der Waals surface area contributed by atoms with Crippen LogP contribution in [0.25, 0.3) is 16.8 Å². The van der Waals surface area contributed by atoms with Gasteiger partial charge in [-0.05, 0) is 53.6 Å². The van der Waals surface area contributed by atoms with Gasteiger partial charge in [0, 0.05) is 11.9 Å². The summed E-state index contributed by atoms with van der Waals surface area (Å²) in [6, 6.07) is 19.7. The zero-order valence-electron chi connectivity index (χ0n) is 12.8. The molecule has 0 amide bonds. The first-order valence-electron chi connectivity index (χ1n) is 7.95. The van der Waals surface area contributed by atoms with Crippen molar-refractivity contribution in [3.8, 4) is 0 Å². The molecule has 0 fully saturated rings. The summed E-state index contributed by atoms with van der Waals surface area (Å²) in [6.45, 7) is 3.08. The van der Waals surface area contributed by atoms with Crippen LogP contribution in [0.1, 0.15) is 23.1 Å². The molecule has 0 atom stereocenters. The molecule has 4 rings (SSSR count). The number of fused-ring (bicyclic) bond motifs is 3. The fourth-order valence-electron chi connectivity index (χ4n) is 3.25. The standard InChI is InChI=1S/C21H19N/c1-15-8-10-16(11-9-15)13-18-14-17-5-4-12-22-21(17)20-7-3-2-6-19(18)20/h2-3,6-11,13-14H,4-5,12H2,1H3/b18-13+. The molecule has 0 saturated heterocycles. The normalized spacial score (nSPS) is 14.7. The summed E-state index contributed by atoms with van der Waals surface area (Å²) in [5.41, 5.74) is 3.94. The molecule has 1 nitrogen and oxygen atoms in total. The Morgan fingerprint density at radius 1 is 0.955 bits per heavy atom. The number of aryl methyl sites for hydroxylation is 2. The Bertz CT molecular complexity index is 950. The Hall–Kier alpha value is -2.41. The van der Waals surface area contributed by atoms with Crippen molar-refractivity contribution in [1.82, 2.24) is 0 Å². The van der Waals surface area contributed by atoms with Gasteiger partial charge in [-0.25, -0.2) is 0 Å². The van der Waals surface area contributed by atoms with Gasteiger partial charge in [-0.2, -0.15) is 0 Å².